The quantitative estimate of drug-likeness (QED) is 0.797. The number of nitrogens with two attached hydrogens (primary N) is 1. The van der Waals surface area contributed by atoms with E-state index in [4.69, 9.17) is 5.73 Å². The summed E-state index contributed by atoms with van der Waals surface area (Å²) in [5.41, 5.74) is 6.42. The topological polar surface area (TPSA) is 29.3 Å². The summed E-state index contributed by atoms with van der Waals surface area (Å²) in [4.78, 5) is 1.11. The van der Waals surface area contributed by atoms with Gasteiger partial charge in [0.25, 0.3) is 0 Å². The Labute approximate surface area is 93.1 Å². The fraction of sp³-hybridized carbons (Fsp3) is 0.273. The highest BCUT2D eigenvalue weighted by Gasteiger charge is 2.15. The highest BCUT2D eigenvalue weighted by atomic mass is 32.2. The van der Waals surface area contributed by atoms with Crippen LogP contribution in [0.5, 0.6) is 0 Å². The van der Waals surface area contributed by atoms with Gasteiger partial charge in [-0.15, -0.1) is 0 Å². The average Bonchev–Trinajstić information content (AvgIpc) is 2.67. The van der Waals surface area contributed by atoms with Crippen LogP contribution in [-0.2, 0) is 0 Å². The van der Waals surface area contributed by atoms with Gasteiger partial charge in [-0.05, 0) is 29.6 Å². The summed E-state index contributed by atoms with van der Waals surface area (Å²) in [6.45, 7) is 2.39. The first-order chi connectivity index (χ1) is 7.29. The van der Waals surface area contributed by atoms with Crippen molar-refractivity contribution in [1.82, 2.24) is 4.31 Å². The number of rotatable bonds is 3. The maximum atomic E-state index is 13.0. The third-order valence-corrected chi connectivity index (χ3v) is 3.38. The van der Waals surface area contributed by atoms with Gasteiger partial charge in [0.15, 0.2) is 0 Å². The van der Waals surface area contributed by atoms with E-state index in [-0.39, 0.29) is 5.82 Å². The van der Waals surface area contributed by atoms with E-state index in [9.17, 15) is 4.39 Å². The molecule has 1 aromatic rings. The summed E-state index contributed by atoms with van der Waals surface area (Å²) in [7, 11) is 0. The zero-order valence-electron chi connectivity index (χ0n) is 8.32. The molecule has 1 aliphatic heterocycles. The van der Waals surface area contributed by atoms with Gasteiger partial charge in [-0.25, -0.2) is 8.70 Å². The van der Waals surface area contributed by atoms with Crippen molar-refractivity contribution in [3.63, 3.8) is 0 Å². The minimum atomic E-state index is -0.189. The lowest BCUT2D eigenvalue weighted by atomic mass is 10.2. The predicted molar refractivity (Wildman–Crippen MR) is 62.6 cm³/mol. The molecular formula is C11H13FN2S. The molecule has 2 nitrogen and oxygen atoms in total. The summed E-state index contributed by atoms with van der Waals surface area (Å²) in [5, 5.41) is 0. The van der Waals surface area contributed by atoms with Crippen LogP contribution in [-0.4, -0.2) is 23.9 Å². The average molecular weight is 224 g/mol. The second-order valence-corrected chi connectivity index (χ2v) is 4.49. The fourth-order valence-corrected chi connectivity index (χ4v) is 2.50. The molecular weight excluding hydrogens is 211 g/mol. The Hall–Kier alpha value is -0.840. The summed E-state index contributed by atoms with van der Waals surface area (Å²) >= 11 is 1.64. The SMILES string of the molecule is NCCN1CC=C(c2cccc(F)c2)S1. The third kappa shape index (κ3) is 2.59. The van der Waals surface area contributed by atoms with Gasteiger partial charge in [-0.3, -0.25) is 0 Å². The minimum Gasteiger partial charge on any atom is -0.329 e. The summed E-state index contributed by atoms with van der Waals surface area (Å²) in [6, 6.07) is 6.68. The van der Waals surface area contributed by atoms with Gasteiger partial charge in [-0.2, -0.15) is 0 Å². The second kappa shape index (κ2) is 4.79. The van der Waals surface area contributed by atoms with Crippen LogP contribution < -0.4 is 5.73 Å². The van der Waals surface area contributed by atoms with E-state index < -0.39 is 0 Å². The first-order valence-electron chi connectivity index (χ1n) is 4.88. The molecule has 1 heterocycles. The molecule has 0 bridgehead atoms. The molecule has 0 atom stereocenters. The second-order valence-electron chi connectivity index (χ2n) is 3.35. The van der Waals surface area contributed by atoms with Crippen molar-refractivity contribution < 1.29 is 4.39 Å². The summed E-state index contributed by atoms with van der Waals surface area (Å²) in [6.07, 6.45) is 2.11. The molecule has 0 amide bonds. The van der Waals surface area contributed by atoms with Gasteiger partial charge in [0.2, 0.25) is 0 Å². The van der Waals surface area contributed by atoms with Gasteiger partial charge in [0, 0.05) is 24.5 Å². The van der Waals surface area contributed by atoms with Crippen molar-refractivity contribution in [3.8, 4) is 0 Å². The number of hydrogen-bond acceptors (Lipinski definition) is 3. The Morgan fingerprint density at radius 2 is 2.33 bits per heavy atom. The minimum absolute atomic E-state index is 0.189. The van der Waals surface area contributed by atoms with Crippen LogP contribution in [0.25, 0.3) is 4.91 Å². The van der Waals surface area contributed by atoms with Gasteiger partial charge in [0.1, 0.15) is 5.82 Å². The Bertz CT molecular complexity index is 379. The van der Waals surface area contributed by atoms with Crippen molar-refractivity contribution in [2.45, 2.75) is 0 Å². The van der Waals surface area contributed by atoms with E-state index in [1.807, 2.05) is 6.07 Å². The van der Waals surface area contributed by atoms with Gasteiger partial charge in [0.05, 0.1) is 0 Å². The van der Waals surface area contributed by atoms with Crippen LogP contribution in [0.15, 0.2) is 30.3 Å². The van der Waals surface area contributed by atoms with E-state index >= 15 is 0 Å². The fourth-order valence-electron chi connectivity index (χ4n) is 1.49. The highest BCUT2D eigenvalue weighted by molar-refractivity contribution is 8.06. The summed E-state index contributed by atoms with van der Waals surface area (Å²) < 4.78 is 15.2. The first-order valence-corrected chi connectivity index (χ1v) is 5.66. The van der Waals surface area contributed by atoms with E-state index in [1.165, 1.54) is 6.07 Å². The Balaban J connectivity index is 2.07. The number of hydrogen-bond donors (Lipinski definition) is 1. The molecule has 2 rings (SSSR count). The van der Waals surface area contributed by atoms with E-state index in [1.54, 1.807) is 24.1 Å². The molecule has 1 aliphatic rings. The Morgan fingerprint density at radius 1 is 1.47 bits per heavy atom. The zero-order valence-corrected chi connectivity index (χ0v) is 9.14. The van der Waals surface area contributed by atoms with Crippen molar-refractivity contribution in [3.05, 3.63) is 41.7 Å². The van der Waals surface area contributed by atoms with Crippen LogP contribution in [0.1, 0.15) is 5.56 Å². The molecule has 15 heavy (non-hydrogen) atoms. The molecule has 0 spiro atoms. The molecule has 0 saturated carbocycles. The van der Waals surface area contributed by atoms with Crippen molar-refractivity contribution >= 4 is 16.9 Å². The van der Waals surface area contributed by atoms with E-state index in [2.05, 4.69) is 10.4 Å². The molecule has 1 aromatic carbocycles. The largest absolute Gasteiger partial charge is 0.329 e. The van der Waals surface area contributed by atoms with Crippen LogP contribution in [0.4, 0.5) is 4.39 Å². The van der Waals surface area contributed by atoms with Crippen molar-refractivity contribution in [2.24, 2.45) is 5.73 Å². The monoisotopic (exact) mass is 224 g/mol. The number of nitrogens with zero attached hydrogens (tertiary/aromatic N) is 1. The van der Waals surface area contributed by atoms with Gasteiger partial charge < -0.3 is 5.73 Å². The molecule has 0 fully saturated rings. The third-order valence-electron chi connectivity index (χ3n) is 2.20. The van der Waals surface area contributed by atoms with Crippen LogP contribution in [0.2, 0.25) is 0 Å². The molecule has 0 aromatic heterocycles. The molecule has 0 radical (unpaired) electrons. The number of benzene rings is 1. The highest BCUT2D eigenvalue weighted by Crippen LogP contribution is 2.35. The Morgan fingerprint density at radius 3 is 3.07 bits per heavy atom. The molecule has 4 heteroatoms. The van der Waals surface area contributed by atoms with Crippen molar-refractivity contribution in [2.75, 3.05) is 19.6 Å². The van der Waals surface area contributed by atoms with Crippen LogP contribution >= 0.6 is 11.9 Å². The molecule has 0 unspecified atom stereocenters. The van der Waals surface area contributed by atoms with Gasteiger partial charge in [-0.1, -0.05) is 18.2 Å². The molecule has 0 saturated heterocycles. The predicted octanol–water partition coefficient (Wildman–Crippen LogP) is 2.09. The van der Waals surface area contributed by atoms with E-state index in [0.29, 0.717) is 6.54 Å². The maximum Gasteiger partial charge on any atom is 0.123 e. The Kier molecular flexibility index (Phi) is 3.41. The number of halogens is 1. The van der Waals surface area contributed by atoms with Crippen molar-refractivity contribution in [1.29, 1.82) is 0 Å². The smallest absolute Gasteiger partial charge is 0.123 e. The zero-order chi connectivity index (χ0) is 10.7. The maximum absolute atomic E-state index is 13.0. The molecule has 0 aliphatic carbocycles. The normalized spacial score (nSPS) is 16.8. The van der Waals surface area contributed by atoms with E-state index in [0.717, 1.165) is 23.6 Å². The lowest BCUT2D eigenvalue weighted by Gasteiger charge is -2.12. The summed E-state index contributed by atoms with van der Waals surface area (Å²) in [5.74, 6) is -0.189. The standard InChI is InChI=1S/C11H13FN2S/c12-10-3-1-2-9(8-10)11-4-6-14(15-11)7-5-13/h1-4,8H,5-7,13H2. The van der Waals surface area contributed by atoms with Crippen LogP contribution in [0.3, 0.4) is 0 Å². The molecule has 2 N–H and O–H groups in total. The first kappa shape index (κ1) is 10.7. The lowest BCUT2D eigenvalue weighted by molar-refractivity contribution is 0.540. The van der Waals surface area contributed by atoms with Gasteiger partial charge >= 0.3 is 0 Å². The lowest BCUT2D eigenvalue weighted by Crippen LogP contribution is -2.20. The van der Waals surface area contributed by atoms with Crippen LogP contribution in [0, 0.1) is 5.82 Å². The molecule has 80 valence electrons.